The maximum absolute atomic E-state index is 12.0. The topological polar surface area (TPSA) is 158 Å². The van der Waals surface area contributed by atoms with Gasteiger partial charge in [0.2, 0.25) is 11.8 Å². The number of ether oxygens (including phenoxy) is 1. The van der Waals surface area contributed by atoms with Crippen LogP contribution in [0.25, 0.3) is 0 Å². The molecule has 2 aromatic carbocycles. The summed E-state index contributed by atoms with van der Waals surface area (Å²) in [6.45, 7) is 6.17. The molecule has 37 heavy (non-hydrogen) atoms. The third-order valence-corrected chi connectivity index (χ3v) is 6.41. The molecule has 1 fully saturated rings. The highest BCUT2D eigenvalue weighted by Crippen LogP contribution is 2.31. The molecule has 1 aromatic heterocycles. The van der Waals surface area contributed by atoms with Crippen molar-refractivity contribution >= 4 is 24.4 Å². The Kier molecular flexibility index (Phi) is 8.03. The second-order valence-electron chi connectivity index (χ2n) is 9.24. The number of piperidine rings is 1. The van der Waals surface area contributed by atoms with Crippen LogP contribution >= 0.6 is 0 Å². The van der Waals surface area contributed by atoms with E-state index in [1.165, 1.54) is 6.20 Å². The number of primary amides is 1. The summed E-state index contributed by atoms with van der Waals surface area (Å²) in [6.07, 6.45) is 3.11. The molecule has 0 aliphatic carbocycles. The predicted molar refractivity (Wildman–Crippen MR) is 139 cm³/mol. The Labute approximate surface area is 215 Å². The summed E-state index contributed by atoms with van der Waals surface area (Å²) in [6, 6.07) is 13.0. The molecule has 0 unspecified atom stereocenters. The highest BCUT2D eigenvalue weighted by atomic mass is 16.5. The molecule has 4 rings (SSSR count). The number of aryl methyl sites for hydroxylation is 2. The van der Waals surface area contributed by atoms with E-state index in [1.807, 2.05) is 26.0 Å². The molecule has 1 aliphatic rings. The van der Waals surface area contributed by atoms with E-state index in [9.17, 15) is 20.1 Å². The molecule has 0 radical (unpaired) electrons. The second kappa shape index (κ2) is 11.4. The first-order valence-electron chi connectivity index (χ1n) is 12.0. The zero-order chi connectivity index (χ0) is 26.5. The number of amides is 1. The fourth-order valence-electron chi connectivity index (χ4n) is 4.43. The van der Waals surface area contributed by atoms with E-state index in [0.717, 1.165) is 49.2 Å². The minimum atomic E-state index is -1.46. The van der Waals surface area contributed by atoms with Crippen molar-refractivity contribution in [3.63, 3.8) is 0 Å². The van der Waals surface area contributed by atoms with Crippen molar-refractivity contribution in [2.45, 2.75) is 39.3 Å². The number of nitrogens with zero attached hydrogens (tertiary/aromatic N) is 4. The van der Waals surface area contributed by atoms with Crippen LogP contribution in [-0.2, 0) is 6.54 Å². The Morgan fingerprint density at radius 1 is 1.22 bits per heavy atom. The highest BCUT2D eigenvalue weighted by molar-refractivity contribution is 6.58. The molecule has 0 saturated carbocycles. The molecule has 10 nitrogen and oxygen atoms in total. The molecule has 5 N–H and O–H groups in total. The van der Waals surface area contributed by atoms with Crippen molar-refractivity contribution in [3.05, 3.63) is 70.4 Å². The van der Waals surface area contributed by atoms with Gasteiger partial charge in [-0.15, -0.1) is 0 Å². The van der Waals surface area contributed by atoms with E-state index in [0.29, 0.717) is 22.7 Å². The van der Waals surface area contributed by atoms with Crippen molar-refractivity contribution < 1.29 is 19.6 Å². The van der Waals surface area contributed by atoms with Gasteiger partial charge in [0.1, 0.15) is 11.3 Å². The first-order chi connectivity index (χ1) is 17.7. The van der Waals surface area contributed by atoms with Crippen LogP contribution in [-0.4, -0.2) is 57.1 Å². The molecule has 3 aromatic rings. The third-order valence-electron chi connectivity index (χ3n) is 6.41. The van der Waals surface area contributed by atoms with Gasteiger partial charge in [-0.25, -0.2) is 4.98 Å². The molecule has 1 aliphatic heterocycles. The number of rotatable bonds is 8. The molecule has 2 heterocycles. The van der Waals surface area contributed by atoms with Crippen LogP contribution in [0.1, 0.15) is 45.5 Å². The number of aromatic nitrogens is 2. The average molecular weight is 500 g/mol. The molecule has 0 spiro atoms. The Bertz CT molecular complexity index is 1290. The zero-order valence-electron chi connectivity index (χ0n) is 20.8. The summed E-state index contributed by atoms with van der Waals surface area (Å²) < 4.78 is 6.03. The number of anilines is 1. The van der Waals surface area contributed by atoms with Crippen LogP contribution in [0.4, 0.5) is 5.95 Å². The van der Waals surface area contributed by atoms with E-state index in [-0.39, 0.29) is 17.5 Å². The van der Waals surface area contributed by atoms with Gasteiger partial charge in [-0.05, 0) is 61.0 Å². The number of likely N-dealkylation sites (tertiary alicyclic amines) is 1. The number of hydrogen-bond donors (Lipinski definition) is 4. The van der Waals surface area contributed by atoms with Gasteiger partial charge in [0, 0.05) is 31.9 Å². The lowest BCUT2D eigenvalue weighted by molar-refractivity contribution is 0.0997. The Morgan fingerprint density at radius 3 is 2.43 bits per heavy atom. The summed E-state index contributed by atoms with van der Waals surface area (Å²) in [7, 11) is -1.46. The number of nitrogens with one attached hydrogen (secondary N) is 1. The van der Waals surface area contributed by atoms with Crippen molar-refractivity contribution in [1.82, 2.24) is 14.9 Å². The number of hydrogen-bond acceptors (Lipinski definition) is 9. The zero-order valence-corrected chi connectivity index (χ0v) is 20.8. The number of carbonyl (C=O) groups is 1. The van der Waals surface area contributed by atoms with Crippen LogP contribution in [0.5, 0.6) is 11.6 Å². The molecular weight excluding hydrogens is 471 g/mol. The van der Waals surface area contributed by atoms with E-state index in [1.54, 1.807) is 24.3 Å². The van der Waals surface area contributed by atoms with Crippen molar-refractivity contribution in [2.24, 2.45) is 5.73 Å². The molecule has 1 amide bonds. The summed E-state index contributed by atoms with van der Waals surface area (Å²) in [4.78, 5) is 23.1. The van der Waals surface area contributed by atoms with Crippen LogP contribution in [0, 0.1) is 25.2 Å². The van der Waals surface area contributed by atoms with E-state index in [4.69, 9.17) is 10.5 Å². The maximum Gasteiger partial charge on any atom is 0.488 e. The summed E-state index contributed by atoms with van der Waals surface area (Å²) >= 11 is 0. The third kappa shape index (κ3) is 6.43. The lowest BCUT2D eigenvalue weighted by atomic mass is 9.80. The van der Waals surface area contributed by atoms with Crippen molar-refractivity contribution in [3.8, 4) is 17.7 Å². The SMILES string of the molecule is Cc1cc(C#N)cc(C)c1Oc1nc(NC2CCN(Cc3ccc(B(O)O)cc3)CC2)ncc1C(N)=O. The number of nitrogens with two attached hydrogens (primary N) is 1. The highest BCUT2D eigenvalue weighted by Gasteiger charge is 2.22. The Morgan fingerprint density at radius 2 is 1.86 bits per heavy atom. The molecule has 0 atom stereocenters. The molecule has 190 valence electrons. The summed E-state index contributed by atoms with van der Waals surface area (Å²) in [5, 5.41) is 31.0. The molecular formula is C26H29BN6O4. The van der Waals surface area contributed by atoms with Gasteiger partial charge in [0.05, 0.1) is 11.6 Å². The largest absolute Gasteiger partial charge is 0.488 e. The quantitative estimate of drug-likeness (QED) is 0.337. The average Bonchev–Trinajstić information content (AvgIpc) is 2.87. The summed E-state index contributed by atoms with van der Waals surface area (Å²) in [5.41, 5.74) is 9.20. The Hall–Kier alpha value is -3.98. The predicted octanol–water partition coefficient (Wildman–Crippen LogP) is 1.61. The van der Waals surface area contributed by atoms with Crippen LogP contribution in [0.3, 0.4) is 0 Å². The van der Waals surface area contributed by atoms with Crippen molar-refractivity contribution in [2.75, 3.05) is 18.4 Å². The van der Waals surface area contributed by atoms with Gasteiger partial charge in [-0.3, -0.25) is 9.69 Å². The van der Waals surface area contributed by atoms with E-state index < -0.39 is 13.0 Å². The van der Waals surface area contributed by atoms with Crippen LogP contribution in [0.15, 0.2) is 42.6 Å². The van der Waals surface area contributed by atoms with Crippen LogP contribution < -0.4 is 21.3 Å². The van der Waals surface area contributed by atoms with Gasteiger partial charge >= 0.3 is 7.12 Å². The summed E-state index contributed by atoms with van der Waals surface area (Å²) in [5.74, 6) is 0.233. The first kappa shape index (κ1) is 26.1. The lowest BCUT2D eigenvalue weighted by Crippen LogP contribution is -2.39. The minimum Gasteiger partial charge on any atom is -0.437 e. The number of benzene rings is 2. The van der Waals surface area contributed by atoms with Gasteiger partial charge in [0.15, 0.2) is 0 Å². The molecule has 0 bridgehead atoms. The normalized spacial score (nSPS) is 14.1. The first-order valence-corrected chi connectivity index (χ1v) is 12.0. The Balaban J connectivity index is 1.41. The number of nitriles is 1. The monoisotopic (exact) mass is 500 g/mol. The minimum absolute atomic E-state index is 0.0646. The van der Waals surface area contributed by atoms with Gasteiger partial charge in [-0.1, -0.05) is 24.3 Å². The van der Waals surface area contributed by atoms with E-state index >= 15 is 0 Å². The fraction of sp³-hybridized carbons (Fsp3) is 0.308. The molecule has 1 saturated heterocycles. The smallest absolute Gasteiger partial charge is 0.437 e. The van der Waals surface area contributed by atoms with Crippen molar-refractivity contribution in [1.29, 1.82) is 5.26 Å². The second-order valence-corrected chi connectivity index (χ2v) is 9.24. The van der Waals surface area contributed by atoms with Crippen LogP contribution in [0.2, 0.25) is 0 Å². The molecule has 11 heteroatoms. The van der Waals surface area contributed by atoms with E-state index in [2.05, 4.69) is 26.3 Å². The standard InChI is InChI=1S/C26H29BN6O4/c1-16-11-19(13-28)12-17(2)23(16)37-25-22(24(29)34)14-30-26(32-25)31-21-7-9-33(10-8-21)15-18-3-5-20(6-4-18)27(35)36/h3-6,11-12,14,21,35-36H,7-10,15H2,1-2H3,(H2,29,34)(H,30,31,32). The van der Waals surface area contributed by atoms with Gasteiger partial charge in [-0.2, -0.15) is 10.2 Å². The van der Waals surface area contributed by atoms with Gasteiger partial charge in [0.25, 0.3) is 5.91 Å². The fourth-order valence-corrected chi connectivity index (χ4v) is 4.43. The van der Waals surface area contributed by atoms with Gasteiger partial charge < -0.3 is 25.8 Å². The number of carbonyl (C=O) groups excluding carboxylic acids is 1. The maximum atomic E-state index is 12.0. The lowest BCUT2D eigenvalue weighted by Gasteiger charge is -2.32.